The van der Waals surface area contributed by atoms with E-state index in [-0.39, 0.29) is 11.0 Å². The molecule has 0 heterocycles. The first kappa shape index (κ1) is 23.0. The Morgan fingerprint density at radius 2 is 1.36 bits per heavy atom. The van der Waals surface area contributed by atoms with Crippen LogP contribution in [0.2, 0.25) is 0 Å². The third-order valence-electron chi connectivity index (χ3n) is 3.00. The van der Waals surface area contributed by atoms with Gasteiger partial charge in [-0.05, 0) is 32.1 Å². The lowest BCUT2D eigenvalue weighted by Gasteiger charge is -2.27. The molecular formula is C18H34N2O2. The van der Waals surface area contributed by atoms with Gasteiger partial charge in [-0.1, -0.05) is 59.8 Å². The highest BCUT2D eigenvalue weighted by molar-refractivity contribution is 5.34. The van der Waals surface area contributed by atoms with E-state index in [9.17, 15) is 9.59 Å². The lowest BCUT2D eigenvalue weighted by Crippen LogP contribution is -2.24. The molecule has 0 N–H and O–H groups in total. The quantitative estimate of drug-likeness (QED) is 0.333. The van der Waals surface area contributed by atoms with E-state index in [2.05, 4.69) is 37.7 Å². The first-order valence-electron chi connectivity index (χ1n) is 8.31. The second-order valence-electron chi connectivity index (χ2n) is 7.49. The summed E-state index contributed by atoms with van der Waals surface area (Å²) in [5, 5.41) is 0. The highest BCUT2D eigenvalue weighted by Gasteiger charge is 2.24. The molecule has 0 aliphatic rings. The predicted octanol–water partition coefficient (Wildman–Crippen LogP) is 5.22. The van der Waals surface area contributed by atoms with E-state index < -0.39 is 0 Å². The second kappa shape index (κ2) is 13.4. The number of hydrogen-bond acceptors (Lipinski definition) is 4. The van der Waals surface area contributed by atoms with Gasteiger partial charge < -0.3 is 0 Å². The fraction of sp³-hybridized carbons (Fsp3) is 0.889. The predicted molar refractivity (Wildman–Crippen MR) is 92.6 cm³/mol. The summed E-state index contributed by atoms with van der Waals surface area (Å²) in [6.45, 7) is 13.2. The molecular weight excluding hydrogens is 276 g/mol. The van der Waals surface area contributed by atoms with Crippen LogP contribution >= 0.6 is 0 Å². The van der Waals surface area contributed by atoms with Crippen molar-refractivity contribution in [3.8, 4) is 0 Å². The Bertz CT molecular complexity index is 358. The van der Waals surface area contributed by atoms with Crippen LogP contribution in [0.15, 0.2) is 9.98 Å². The molecule has 0 saturated heterocycles. The molecule has 4 heteroatoms. The van der Waals surface area contributed by atoms with Crippen LogP contribution in [0.3, 0.4) is 0 Å². The Morgan fingerprint density at radius 1 is 0.818 bits per heavy atom. The summed E-state index contributed by atoms with van der Waals surface area (Å²) in [6.07, 6.45) is 11.5. The molecule has 22 heavy (non-hydrogen) atoms. The maximum atomic E-state index is 10.0. The maximum Gasteiger partial charge on any atom is 0.235 e. The Labute approximate surface area is 136 Å². The minimum absolute atomic E-state index is 0.212. The van der Waals surface area contributed by atoms with Crippen molar-refractivity contribution in [2.24, 2.45) is 15.4 Å². The molecule has 4 nitrogen and oxygen atoms in total. The molecule has 0 amide bonds. The molecule has 0 radical (unpaired) electrons. The zero-order valence-electron chi connectivity index (χ0n) is 15.4. The van der Waals surface area contributed by atoms with Crippen molar-refractivity contribution in [3.63, 3.8) is 0 Å². The molecule has 0 unspecified atom stereocenters. The summed E-state index contributed by atoms with van der Waals surface area (Å²) in [5.41, 5.74) is -0.0517. The number of nitrogens with zero attached hydrogens (tertiary/aromatic N) is 2. The van der Waals surface area contributed by atoms with Gasteiger partial charge in [0.2, 0.25) is 12.2 Å². The SMILES string of the molecule is CC(C)(C)CC(C)(C)N=C=O.CCCCCCCCN=C=O. The molecule has 0 aromatic carbocycles. The Hall–Kier alpha value is -1.24. The van der Waals surface area contributed by atoms with Gasteiger partial charge >= 0.3 is 0 Å². The van der Waals surface area contributed by atoms with Crippen LogP contribution in [0.5, 0.6) is 0 Å². The van der Waals surface area contributed by atoms with Gasteiger partial charge in [-0.15, -0.1) is 0 Å². The van der Waals surface area contributed by atoms with Crippen molar-refractivity contribution in [2.75, 3.05) is 6.54 Å². The zero-order valence-corrected chi connectivity index (χ0v) is 15.4. The van der Waals surface area contributed by atoms with E-state index >= 15 is 0 Å². The topological polar surface area (TPSA) is 58.9 Å². The van der Waals surface area contributed by atoms with Crippen molar-refractivity contribution < 1.29 is 9.59 Å². The third kappa shape index (κ3) is 21.1. The van der Waals surface area contributed by atoms with E-state index in [0.29, 0.717) is 6.54 Å². The average molecular weight is 310 g/mol. The minimum Gasteiger partial charge on any atom is -0.211 e. The summed E-state index contributed by atoms with van der Waals surface area (Å²) in [7, 11) is 0. The number of isocyanates is 2. The first-order chi connectivity index (χ1) is 10.2. The fourth-order valence-corrected chi connectivity index (χ4v) is 2.48. The van der Waals surface area contributed by atoms with E-state index in [1.165, 1.54) is 32.1 Å². The Balaban J connectivity index is 0. The first-order valence-corrected chi connectivity index (χ1v) is 8.31. The molecule has 0 bridgehead atoms. The van der Waals surface area contributed by atoms with E-state index in [0.717, 1.165) is 12.8 Å². The maximum absolute atomic E-state index is 10.0. The smallest absolute Gasteiger partial charge is 0.211 e. The third-order valence-corrected chi connectivity index (χ3v) is 3.00. The van der Waals surface area contributed by atoms with Crippen LogP contribution < -0.4 is 0 Å². The van der Waals surface area contributed by atoms with Gasteiger partial charge in [-0.2, -0.15) is 4.99 Å². The van der Waals surface area contributed by atoms with Gasteiger partial charge in [-0.3, -0.25) is 0 Å². The van der Waals surface area contributed by atoms with Crippen molar-refractivity contribution in [1.29, 1.82) is 0 Å². The van der Waals surface area contributed by atoms with Gasteiger partial charge in [0.05, 0.1) is 12.1 Å². The summed E-state index contributed by atoms with van der Waals surface area (Å²) in [4.78, 5) is 26.9. The Morgan fingerprint density at radius 3 is 1.82 bits per heavy atom. The van der Waals surface area contributed by atoms with Crippen molar-refractivity contribution in [1.82, 2.24) is 0 Å². The lowest BCUT2D eigenvalue weighted by molar-refractivity contribution is 0.288. The fourth-order valence-electron chi connectivity index (χ4n) is 2.48. The normalized spacial score (nSPS) is 10.8. The van der Waals surface area contributed by atoms with Crippen LogP contribution in [0.4, 0.5) is 0 Å². The molecule has 128 valence electrons. The standard InChI is InChI=1S/2C9H17NO/c1-8(2,3)6-9(4,5)10-7-11;1-2-3-4-5-6-7-8-10-9-11/h6H2,1-5H3;2-8H2,1H3. The number of rotatable bonds is 9. The number of unbranched alkanes of at least 4 members (excludes halogenated alkanes) is 5. The molecule has 0 aliphatic heterocycles. The summed E-state index contributed by atoms with van der Waals surface area (Å²) < 4.78 is 0. The summed E-state index contributed by atoms with van der Waals surface area (Å²) in [5.74, 6) is 0. The van der Waals surface area contributed by atoms with Crippen LogP contribution in [-0.4, -0.2) is 24.2 Å². The Kier molecular flexibility index (Phi) is 14.1. The van der Waals surface area contributed by atoms with Gasteiger partial charge in [0, 0.05) is 0 Å². The largest absolute Gasteiger partial charge is 0.235 e. The van der Waals surface area contributed by atoms with Crippen LogP contribution in [0, 0.1) is 5.41 Å². The van der Waals surface area contributed by atoms with Crippen LogP contribution in [0.1, 0.15) is 86.5 Å². The molecule has 0 aromatic heterocycles. The zero-order chi connectivity index (χ0) is 17.5. The van der Waals surface area contributed by atoms with Gasteiger partial charge in [0.15, 0.2) is 0 Å². The summed E-state index contributed by atoms with van der Waals surface area (Å²) >= 11 is 0. The molecule has 0 aromatic rings. The van der Waals surface area contributed by atoms with Crippen LogP contribution in [0.25, 0.3) is 0 Å². The summed E-state index contributed by atoms with van der Waals surface area (Å²) in [6, 6.07) is 0. The van der Waals surface area contributed by atoms with E-state index in [4.69, 9.17) is 0 Å². The average Bonchev–Trinajstić information content (AvgIpc) is 2.35. The molecule has 0 rings (SSSR count). The number of hydrogen-bond donors (Lipinski definition) is 0. The van der Waals surface area contributed by atoms with Crippen molar-refractivity contribution in [2.45, 2.75) is 92.0 Å². The molecule has 0 aliphatic carbocycles. The van der Waals surface area contributed by atoms with Gasteiger partial charge in [0.1, 0.15) is 0 Å². The highest BCUT2D eigenvalue weighted by Crippen LogP contribution is 2.28. The number of aliphatic imine (C=N–C) groups is 2. The highest BCUT2D eigenvalue weighted by atomic mass is 16.1. The molecule has 0 saturated carbocycles. The molecule has 0 atom stereocenters. The monoisotopic (exact) mass is 310 g/mol. The van der Waals surface area contributed by atoms with E-state index in [1.807, 2.05) is 13.8 Å². The van der Waals surface area contributed by atoms with Gasteiger partial charge in [-0.25, -0.2) is 14.6 Å². The molecule has 0 spiro atoms. The second-order valence-corrected chi connectivity index (χ2v) is 7.49. The number of carbonyl (C=O) groups excluding carboxylic acids is 2. The van der Waals surface area contributed by atoms with Crippen molar-refractivity contribution in [3.05, 3.63) is 0 Å². The minimum atomic E-state index is -0.264. The molecule has 0 fully saturated rings. The lowest BCUT2D eigenvalue weighted by atomic mass is 9.82. The van der Waals surface area contributed by atoms with Gasteiger partial charge in [0.25, 0.3) is 0 Å². The van der Waals surface area contributed by atoms with E-state index in [1.54, 1.807) is 12.2 Å². The van der Waals surface area contributed by atoms with Crippen LogP contribution in [-0.2, 0) is 9.59 Å². The van der Waals surface area contributed by atoms with Crippen molar-refractivity contribution >= 4 is 12.2 Å².